The summed E-state index contributed by atoms with van der Waals surface area (Å²) in [6.07, 6.45) is 1.61. The van der Waals surface area contributed by atoms with E-state index in [1.165, 1.54) is 0 Å². The van der Waals surface area contributed by atoms with Crippen molar-refractivity contribution in [2.24, 2.45) is 0 Å². The summed E-state index contributed by atoms with van der Waals surface area (Å²) in [5.74, 6) is -0.839. The van der Waals surface area contributed by atoms with Crippen molar-refractivity contribution in [3.63, 3.8) is 0 Å². The first kappa shape index (κ1) is 18.4. The van der Waals surface area contributed by atoms with Crippen LogP contribution in [0.3, 0.4) is 0 Å². The lowest BCUT2D eigenvalue weighted by atomic mass is 10.1. The van der Waals surface area contributed by atoms with Gasteiger partial charge < -0.3 is 15.0 Å². The van der Waals surface area contributed by atoms with E-state index in [-0.39, 0.29) is 12.5 Å². The van der Waals surface area contributed by atoms with Gasteiger partial charge in [-0.05, 0) is 45.0 Å². The van der Waals surface area contributed by atoms with Crippen LogP contribution in [-0.4, -0.2) is 36.6 Å². The zero-order valence-electron chi connectivity index (χ0n) is 14.8. The molecule has 0 aliphatic rings. The monoisotopic (exact) mass is 341 g/mol. The number of anilines is 2. The van der Waals surface area contributed by atoms with Gasteiger partial charge in [-0.2, -0.15) is 0 Å². The quantitative estimate of drug-likeness (QED) is 0.782. The predicted molar refractivity (Wildman–Crippen MR) is 98.1 cm³/mol. The number of aromatic nitrogens is 1. The molecule has 1 heterocycles. The van der Waals surface area contributed by atoms with Crippen molar-refractivity contribution in [1.82, 2.24) is 4.98 Å². The first-order valence-corrected chi connectivity index (χ1v) is 8.39. The number of carbonyl (C=O) groups excluding carboxylic acids is 2. The molecular formula is C19H23N3O3. The first-order chi connectivity index (χ1) is 12.1. The Morgan fingerprint density at radius 1 is 1.12 bits per heavy atom. The van der Waals surface area contributed by atoms with Crippen molar-refractivity contribution in [1.29, 1.82) is 0 Å². The van der Waals surface area contributed by atoms with Crippen LogP contribution in [0.1, 0.15) is 41.6 Å². The molecule has 6 nitrogen and oxygen atoms in total. The molecule has 1 aromatic carbocycles. The predicted octanol–water partition coefficient (Wildman–Crippen LogP) is 3.36. The van der Waals surface area contributed by atoms with Gasteiger partial charge in [0.25, 0.3) is 5.91 Å². The third-order valence-corrected chi connectivity index (χ3v) is 3.78. The minimum Gasteiger partial charge on any atom is -0.462 e. The molecule has 0 spiro atoms. The SMILES string of the molecule is CCOC(=O)c1ccccc1NC(=O)c1cc(N(CC)CC)ccn1. The number of ether oxygens (including phenoxy) is 1. The van der Waals surface area contributed by atoms with Gasteiger partial charge >= 0.3 is 5.97 Å². The lowest BCUT2D eigenvalue weighted by molar-refractivity contribution is 0.0527. The normalized spacial score (nSPS) is 10.2. The Kier molecular flexibility index (Phi) is 6.51. The van der Waals surface area contributed by atoms with Crippen LogP contribution in [-0.2, 0) is 4.74 Å². The van der Waals surface area contributed by atoms with E-state index in [9.17, 15) is 9.59 Å². The molecule has 0 radical (unpaired) electrons. The number of esters is 1. The van der Waals surface area contributed by atoms with Crippen LogP contribution in [0.5, 0.6) is 0 Å². The summed E-state index contributed by atoms with van der Waals surface area (Å²) in [5, 5.41) is 2.75. The number of carbonyl (C=O) groups is 2. The molecule has 0 saturated heterocycles. The number of para-hydroxylation sites is 1. The van der Waals surface area contributed by atoms with Gasteiger partial charge in [0.05, 0.1) is 17.9 Å². The van der Waals surface area contributed by atoms with Gasteiger partial charge in [-0.3, -0.25) is 9.78 Å². The third-order valence-electron chi connectivity index (χ3n) is 3.78. The minimum atomic E-state index is -0.469. The fraction of sp³-hybridized carbons (Fsp3) is 0.316. The van der Waals surface area contributed by atoms with Crippen LogP contribution in [0.4, 0.5) is 11.4 Å². The fourth-order valence-corrected chi connectivity index (χ4v) is 2.49. The molecule has 1 N–H and O–H groups in total. The second-order valence-corrected chi connectivity index (χ2v) is 5.29. The van der Waals surface area contributed by atoms with E-state index in [0.717, 1.165) is 18.8 Å². The van der Waals surface area contributed by atoms with Gasteiger partial charge in [0.2, 0.25) is 0 Å². The largest absolute Gasteiger partial charge is 0.462 e. The van der Waals surface area contributed by atoms with Crippen molar-refractivity contribution in [2.45, 2.75) is 20.8 Å². The van der Waals surface area contributed by atoms with E-state index in [1.54, 1.807) is 43.5 Å². The maximum absolute atomic E-state index is 12.6. The van der Waals surface area contributed by atoms with E-state index in [0.29, 0.717) is 16.9 Å². The summed E-state index contributed by atoms with van der Waals surface area (Å²) >= 11 is 0. The van der Waals surface area contributed by atoms with Crippen molar-refractivity contribution in [3.05, 3.63) is 53.9 Å². The minimum absolute atomic E-state index is 0.272. The summed E-state index contributed by atoms with van der Waals surface area (Å²) < 4.78 is 5.02. The number of nitrogens with zero attached hydrogens (tertiary/aromatic N) is 2. The topological polar surface area (TPSA) is 71.5 Å². The molecule has 132 valence electrons. The lowest BCUT2D eigenvalue weighted by Crippen LogP contribution is -2.23. The molecule has 6 heteroatoms. The molecule has 0 aliphatic carbocycles. The smallest absolute Gasteiger partial charge is 0.340 e. The van der Waals surface area contributed by atoms with Crippen molar-refractivity contribution in [3.8, 4) is 0 Å². The molecule has 0 fully saturated rings. The van der Waals surface area contributed by atoms with Gasteiger partial charge in [-0.15, -0.1) is 0 Å². The highest BCUT2D eigenvalue weighted by molar-refractivity contribution is 6.07. The number of hydrogen-bond acceptors (Lipinski definition) is 5. The van der Waals surface area contributed by atoms with Crippen molar-refractivity contribution in [2.75, 3.05) is 29.9 Å². The highest BCUT2D eigenvalue weighted by Gasteiger charge is 2.16. The summed E-state index contributed by atoms with van der Waals surface area (Å²) in [5.41, 5.74) is 1.95. The van der Waals surface area contributed by atoms with Gasteiger partial charge in [-0.1, -0.05) is 12.1 Å². The number of pyridine rings is 1. The standard InChI is InChI=1S/C19H23N3O3/c1-4-22(5-2)14-11-12-20-17(13-14)18(23)21-16-10-8-7-9-15(16)19(24)25-6-3/h7-13H,4-6H2,1-3H3,(H,21,23). The lowest BCUT2D eigenvalue weighted by Gasteiger charge is -2.21. The zero-order valence-corrected chi connectivity index (χ0v) is 14.8. The molecule has 0 bridgehead atoms. The molecule has 0 atom stereocenters. The average molecular weight is 341 g/mol. The Balaban J connectivity index is 2.23. The number of benzene rings is 1. The van der Waals surface area contributed by atoms with Gasteiger partial charge in [-0.25, -0.2) is 4.79 Å². The molecular weight excluding hydrogens is 318 g/mol. The van der Waals surface area contributed by atoms with Crippen molar-refractivity contribution < 1.29 is 14.3 Å². The van der Waals surface area contributed by atoms with Crippen molar-refractivity contribution >= 4 is 23.3 Å². The molecule has 25 heavy (non-hydrogen) atoms. The van der Waals surface area contributed by atoms with E-state index >= 15 is 0 Å². The molecule has 1 aromatic heterocycles. The highest BCUT2D eigenvalue weighted by atomic mass is 16.5. The van der Waals surface area contributed by atoms with Gasteiger partial charge in [0.1, 0.15) is 5.69 Å². The summed E-state index contributed by atoms with van der Waals surface area (Å²) in [7, 11) is 0. The molecule has 2 rings (SSSR count). The van der Waals surface area contributed by atoms with Gasteiger partial charge in [0, 0.05) is 25.0 Å². The summed E-state index contributed by atoms with van der Waals surface area (Å²) in [6, 6.07) is 10.4. The maximum atomic E-state index is 12.6. The molecule has 2 aromatic rings. The summed E-state index contributed by atoms with van der Waals surface area (Å²) in [6.45, 7) is 7.80. The highest BCUT2D eigenvalue weighted by Crippen LogP contribution is 2.19. The maximum Gasteiger partial charge on any atom is 0.340 e. The number of rotatable bonds is 7. The molecule has 0 aliphatic heterocycles. The van der Waals surface area contributed by atoms with Crippen LogP contribution >= 0.6 is 0 Å². The Labute approximate surface area is 147 Å². The van der Waals surface area contributed by atoms with E-state index < -0.39 is 5.97 Å². The Morgan fingerprint density at radius 3 is 2.52 bits per heavy atom. The Morgan fingerprint density at radius 2 is 1.84 bits per heavy atom. The Hall–Kier alpha value is -2.89. The average Bonchev–Trinajstić information content (AvgIpc) is 2.63. The molecule has 1 amide bonds. The fourth-order valence-electron chi connectivity index (χ4n) is 2.49. The van der Waals surface area contributed by atoms with Crippen LogP contribution in [0.2, 0.25) is 0 Å². The van der Waals surface area contributed by atoms with E-state index in [4.69, 9.17) is 4.74 Å². The molecule has 0 saturated carbocycles. The summed E-state index contributed by atoms with van der Waals surface area (Å²) in [4.78, 5) is 30.8. The number of hydrogen-bond donors (Lipinski definition) is 1. The third kappa shape index (κ3) is 4.56. The van der Waals surface area contributed by atoms with Crippen LogP contribution in [0.15, 0.2) is 42.6 Å². The second kappa shape index (κ2) is 8.82. The second-order valence-electron chi connectivity index (χ2n) is 5.29. The van der Waals surface area contributed by atoms with Crippen LogP contribution < -0.4 is 10.2 Å². The van der Waals surface area contributed by atoms with Crippen LogP contribution in [0.25, 0.3) is 0 Å². The Bertz CT molecular complexity index is 742. The van der Waals surface area contributed by atoms with Gasteiger partial charge in [0.15, 0.2) is 0 Å². The number of amides is 1. The first-order valence-electron chi connectivity index (χ1n) is 8.39. The van der Waals surface area contributed by atoms with E-state index in [2.05, 4.69) is 29.0 Å². The molecule has 0 unspecified atom stereocenters. The van der Waals surface area contributed by atoms with E-state index in [1.807, 2.05) is 6.07 Å². The van der Waals surface area contributed by atoms with Crippen LogP contribution in [0, 0.1) is 0 Å². The zero-order chi connectivity index (χ0) is 18.2. The number of nitrogens with one attached hydrogen (secondary N) is 1.